The van der Waals surface area contributed by atoms with Crippen LogP contribution in [-0.2, 0) is 0 Å². The molecule has 1 aliphatic carbocycles. The maximum Gasteiger partial charge on any atom is 0.0194 e. The van der Waals surface area contributed by atoms with Gasteiger partial charge in [-0.25, -0.2) is 0 Å². The summed E-state index contributed by atoms with van der Waals surface area (Å²) in [5.74, 6) is 1.70. The molecule has 0 aliphatic heterocycles. The molecule has 0 amide bonds. The van der Waals surface area contributed by atoms with Crippen molar-refractivity contribution in [1.82, 2.24) is 9.80 Å². The predicted molar refractivity (Wildman–Crippen MR) is 79.8 cm³/mol. The summed E-state index contributed by atoms with van der Waals surface area (Å²) in [6, 6.07) is 0.664. The summed E-state index contributed by atoms with van der Waals surface area (Å²) in [5, 5.41) is 0. The first kappa shape index (κ1) is 15.9. The molecule has 0 bridgehead atoms. The minimum Gasteiger partial charge on any atom is -0.330 e. The highest BCUT2D eigenvalue weighted by Crippen LogP contribution is 2.29. The summed E-state index contributed by atoms with van der Waals surface area (Å²) < 4.78 is 0. The SMILES string of the molecule is CCN(CC1CCC(CN)CC1)C(C)CN(C)C. The number of nitrogens with zero attached hydrogens (tertiary/aromatic N) is 2. The van der Waals surface area contributed by atoms with Crippen LogP contribution in [0.2, 0.25) is 0 Å². The van der Waals surface area contributed by atoms with Crippen LogP contribution in [0.5, 0.6) is 0 Å². The largest absolute Gasteiger partial charge is 0.330 e. The molecule has 1 unspecified atom stereocenters. The molecular formula is C15H33N3. The fourth-order valence-corrected chi connectivity index (χ4v) is 3.25. The van der Waals surface area contributed by atoms with Gasteiger partial charge in [0.2, 0.25) is 0 Å². The average Bonchev–Trinajstić information content (AvgIpc) is 2.35. The van der Waals surface area contributed by atoms with Gasteiger partial charge in [-0.15, -0.1) is 0 Å². The van der Waals surface area contributed by atoms with Crippen LogP contribution < -0.4 is 5.73 Å². The highest BCUT2D eigenvalue weighted by Gasteiger charge is 2.23. The van der Waals surface area contributed by atoms with Crippen LogP contribution in [0.25, 0.3) is 0 Å². The van der Waals surface area contributed by atoms with E-state index < -0.39 is 0 Å². The zero-order valence-corrected chi connectivity index (χ0v) is 12.9. The van der Waals surface area contributed by atoms with E-state index in [9.17, 15) is 0 Å². The number of nitrogens with two attached hydrogens (primary N) is 1. The Kier molecular flexibility index (Phi) is 7.20. The van der Waals surface area contributed by atoms with Crippen molar-refractivity contribution in [3.63, 3.8) is 0 Å². The molecule has 1 rings (SSSR count). The molecule has 0 spiro atoms. The lowest BCUT2D eigenvalue weighted by molar-refractivity contribution is 0.133. The summed E-state index contributed by atoms with van der Waals surface area (Å²) in [4.78, 5) is 4.94. The first-order valence-corrected chi connectivity index (χ1v) is 7.65. The lowest BCUT2D eigenvalue weighted by atomic mass is 9.81. The van der Waals surface area contributed by atoms with Gasteiger partial charge in [-0.1, -0.05) is 6.92 Å². The van der Waals surface area contributed by atoms with Gasteiger partial charge in [0.25, 0.3) is 0 Å². The van der Waals surface area contributed by atoms with Crippen molar-refractivity contribution >= 4 is 0 Å². The number of likely N-dealkylation sites (N-methyl/N-ethyl adjacent to an activating group) is 2. The van der Waals surface area contributed by atoms with Crippen LogP contribution in [0.4, 0.5) is 0 Å². The van der Waals surface area contributed by atoms with E-state index in [1.165, 1.54) is 38.8 Å². The number of rotatable bonds is 7. The predicted octanol–water partition coefficient (Wildman–Crippen LogP) is 2.02. The minimum atomic E-state index is 0.664. The van der Waals surface area contributed by atoms with Crippen molar-refractivity contribution in [1.29, 1.82) is 0 Å². The Labute approximate surface area is 114 Å². The van der Waals surface area contributed by atoms with Gasteiger partial charge in [0.1, 0.15) is 0 Å². The Hall–Kier alpha value is -0.120. The van der Waals surface area contributed by atoms with Crippen LogP contribution in [0.15, 0.2) is 0 Å². The fourth-order valence-electron chi connectivity index (χ4n) is 3.25. The second kappa shape index (κ2) is 8.13. The third-order valence-corrected chi connectivity index (χ3v) is 4.45. The Bertz CT molecular complexity index is 210. The van der Waals surface area contributed by atoms with Gasteiger partial charge >= 0.3 is 0 Å². The molecular weight excluding hydrogens is 222 g/mol. The van der Waals surface area contributed by atoms with Crippen molar-refractivity contribution in [2.75, 3.05) is 40.3 Å². The summed E-state index contributed by atoms with van der Waals surface area (Å²) in [6.45, 7) is 9.15. The smallest absolute Gasteiger partial charge is 0.0194 e. The quantitative estimate of drug-likeness (QED) is 0.755. The first-order chi connectivity index (χ1) is 8.56. The Morgan fingerprint density at radius 1 is 1.11 bits per heavy atom. The summed E-state index contributed by atoms with van der Waals surface area (Å²) in [5.41, 5.74) is 5.76. The van der Waals surface area contributed by atoms with Crippen LogP contribution in [0, 0.1) is 11.8 Å². The molecule has 0 saturated heterocycles. The molecule has 1 atom stereocenters. The molecule has 0 aromatic carbocycles. The molecule has 2 N–H and O–H groups in total. The highest BCUT2D eigenvalue weighted by molar-refractivity contribution is 4.78. The zero-order chi connectivity index (χ0) is 13.5. The second-order valence-corrected chi connectivity index (χ2v) is 6.32. The molecule has 0 heterocycles. The molecule has 0 aromatic heterocycles. The van der Waals surface area contributed by atoms with E-state index in [1.54, 1.807) is 0 Å². The molecule has 108 valence electrons. The minimum absolute atomic E-state index is 0.664. The summed E-state index contributed by atoms with van der Waals surface area (Å²) in [7, 11) is 4.33. The van der Waals surface area contributed by atoms with Gasteiger partial charge in [-0.2, -0.15) is 0 Å². The van der Waals surface area contributed by atoms with E-state index >= 15 is 0 Å². The number of hydrogen-bond donors (Lipinski definition) is 1. The molecule has 3 nitrogen and oxygen atoms in total. The Morgan fingerprint density at radius 3 is 2.11 bits per heavy atom. The fraction of sp³-hybridized carbons (Fsp3) is 1.00. The maximum absolute atomic E-state index is 5.76. The second-order valence-electron chi connectivity index (χ2n) is 6.32. The number of hydrogen-bond acceptors (Lipinski definition) is 3. The van der Waals surface area contributed by atoms with E-state index in [1.807, 2.05) is 0 Å². The van der Waals surface area contributed by atoms with Crippen molar-refractivity contribution in [2.45, 2.75) is 45.6 Å². The van der Waals surface area contributed by atoms with E-state index in [4.69, 9.17) is 5.73 Å². The highest BCUT2D eigenvalue weighted by atomic mass is 15.2. The lowest BCUT2D eigenvalue weighted by Crippen LogP contribution is -2.43. The Balaban J connectivity index is 2.34. The molecule has 0 radical (unpaired) electrons. The van der Waals surface area contributed by atoms with Gasteiger partial charge in [0.05, 0.1) is 0 Å². The van der Waals surface area contributed by atoms with E-state index in [0.717, 1.165) is 24.9 Å². The normalized spacial score (nSPS) is 26.8. The van der Waals surface area contributed by atoms with E-state index in [2.05, 4.69) is 37.7 Å². The maximum atomic E-state index is 5.76. The van der Waals surface area contributed by atoms with Gasteiger partial charge < -0.3 is 10.6 Å². The van der Waals surface area contributed by atoms with Gasteiger partial charge in [0.15, 0.2) is 0 Å². The van der Waals surface area contributed by atoms with E-state index in [-0.39, 0.29) is 0 Å². The van der Waals surface area contributed by atoms with Crippen molar-refractivity contribution in [2.24, 2.45) is 17.6 Å². The van der Waals surface area contributed by atoms with Crippen molar-refractivity contribution in [3.05, 3.63) is 0 Å². The van der Waals surface area contributed by atoms with Crippen molar-refractivity contribution in [3.8, 4) is 0 Å². The Morgan fingerprint density at radius 2 is 1.67 bits per heavy atom. The molecule has 1 saturated carbocycles. The zero-order valence-electron chi connectivity index (χ0n) is 12.9. The average molecular weight is 255 g/mol. The third kappa shape index (κ3) is 5.25. The van der Waals surface area contributed by atoms with Crippen LogP contribution >= 0.6 is 0 Å². The summed E-state index contributed by atoms with van der Waals surface area (Å²) >= 11 is 0. The molecule has 1 fully saturated rings. The standard InChI is InChI=1S/C15H33N3/c1-5-18(13(2)11-17(3)4)12-15-8-6-14(10-16)7-9-15/h13-15H,5-12,16H2,1-4H3. The van der Waals surface area contributed by atoms with Crippen LogP contribution in [0.1, 0.15) is 39.5 Å². The van der Waals surface area contributed by atoms with Gasteiger partial charge in [0, 0.05) is 19.1 Å². The lowest BCUT2D eigenvalue weighted by Gasteiger charge is -2.35. The van der Waals surface area contributed by atoms with E-state index in [0.29, 0.717) is 6.04 Å². The van der Waals surface area contributed by atoms with Gasteiger partial charge in [-0.3, -0.25) is 4.90 Å². The monoisotopic (exact) mass is 255 g/mol. The van der Waals surface area contributed by atoms with Crippen LogP contribution in [-0.4, -0.2) is 56.1 Å². The third-order valence-electron chi connectivity index (χ3n) is 4.45. The molecule has 1 aliphatic rings. The topological polar surface area (TPSA) is 32.5 Å². The first-order valence-electron chi connectivity index (χ1n) is 7.65. The molecule has 3 heteroatoms. The summed E-state index contributed by atoms with van der Waals surface area (Å²) in [6.07, 6.45) is 5.46. The van der Waals surface area contributed by atoms with Crippen LogP contribution in [0.3, 0.4) is 0 Å². The molecule has 0 aromatic rings. The van der Waals surface area contributed by atoms with Crippen molar-refractivity contribution < 1.29 is 0 Å². The van der Waals surface area contributed by atoms with Gasteiger partial charge in [-0.05, 0) is 71.6 Å². The molecule has 18 heavy (non-hydrogen) atoms.